The molecule has 1 heterocycles. The van der Waals surface area contributed by atoms with E-state index in [1.54, 1.807) is 30.3 Å². The number of hydrogen-bond acceptors (Lipinski definition) is 4. The van der Waals surface area contributed by atoms with Crippen molar-refractivity contribution in [3.8, 4) is 0 Å². The Morgan fingerprint density at radius 2 is 2.05 bits per heavy atom. The summed E-state index contributed by atoms with van der Waals surface area (Å²) in [5.74, 6) is -1.19. The van der Waals surface area contributed by atoms with E-state index in [0.29, 0.717) is 5.56 Å². The van der Waals surface area contributed by atoms with Crippen molar-refractivity contribution in [1.82, 2.24) is 16.1 Å². The third-order valence-corrected chi connectivity index (χ3v) is 2.52. The zero-order chi connectivity index (χ0) is 13.7. The zero-order valence-corrected chi connectivity index (χ0v) is 10.0. The molecule has 1 aromatic carbocycles. The predicted octanol–water partition coefficient (Wildman–Crippen LogP) is -1.04. The van der Waals surface area contributed by atoms with E-state index in [2.05, 4.69) is 21.0 Å². The molecule has 1 aliphatic heterocycles. The summed E-state index contributed by atoms with van der Waals surface area (Å²) >= 11 is 0. The highest BCUT2D eigenvalue weighted by atomic mass is 16.7. The second kappa shape index (κ2) is 5.96. The van der Waals surface area contributed by atoms with Crippen molar-refractivity contribution < 1.29 is 19.2 Å². The van der Waals surface area contributed by atoms with Crippen LogP contribution in [-0.4, -0.2) is 36.9 Å². The largest absolute Gasteiger partial charge is 0.343 e. The molecule has 0 bridgehead atoms. The van der Waals surface area contributed by atoms with Crippen LogP contribution in [0.4, 0.5) is 0 Å². The van der Waals surface area contributed by atoms with Gasteiger partial charge in [-0.05, 0) is 12.1 Å². The number of benzene rings is 1. The Morgan fingerprint density at radius 3 is 2.68 bits per heavy atom. The second-order valence-corrected chi connectivity index (χ2v) is 3.95. The van der Waals surface area contributed by atoms with Crippen molar-refractivity contribution in [2.75, 3.05) is 13.2 Å². The van der Waals surface area contributed by atoms with Gasteiger partial charge in [0.1, 0.15) is 12.6 Å². The van der Waals surface area contributed by atoms with Crippen molar-refractivity contribution in [3.63, 3.8) is 0 Å². The van der Waals surface area contributed by atoms with E-state index in [4.69, 9.17) is 0 Å². The molecule has 19 heavy (non-hydrogen) atoms. The minimum Gasteiger partial charge on any atom is -0.343 e. The Hall–Kier alpha value is -2.41. The van der Waals surface area contributed by atoms with Gasteiger partial charge in [0.05, 0.1) is 6.54 Å². The monoisotopic (exact) mass is 263 g/mol. The molecular formula is C12H13N3O4. The highest BCUT2D eigenvalue weighted by Crippen LogP contribution is 1.97. The molecule has 7 heteroatoms. The summed E-state index contributed by atoms with van der Waals surface area (Å²) in [5.41, 5.74) is 2.59. The normalized spacial score (nSPS) is 17.7. The van der Waals surface area contributed by atoms with Gasteiger partial charge in [0.2, 0.25) is 5.91 Å². The quantitative estimate of drug-likeness (QED) is 0.646. The van der Waals surface area contributed by atoms with Gasteiger partial charge < -0.3 is 10.6 Å². The fourth-order valence-corrected chi connectivity index (χ4v) is 1.55. The molecule has 1 aliphatic rings. The Bertz CT molecular complexity index is 489. The standard InChI is InChI=1S/C12H13N3O4/c16-10(14-9-7-19-15-12(9)18)6-13-11(17)8-4-2-1-3-5-8/h1-5,9H,6-7H2,(H,13,17)(H,14,16)(H,15,18). The van der Waals surface area contributed by atoms with E-state index in [9.17, 15) is 14.4 Å². The lowest BCUT2D eigenvalue weighted by atomic mass is 10.2. The van der Waals surface area contributed by atoms with Gasteiger partial charge in [-0.3, -0.25) is 19.2 Å². The summed E-state index contributed by atoms with van der Waals surface area (Å²) in [6, 6.07) is 7.84. The Labute approximate surface area is 109 Å². The third-order valence-electron chi connectivity index (χ3n) is 2.52. The van der Waals surface area contributed by atoms with E-state index < -0.39 is 17.9 Å². The average Bonchev–Trinajstić information content (AvgIpc) is 2.82. The first-order valence-electron chi connectivity index (χ1n) is 5.71. The van der Waals surface area contributed by atoms with Gasteiger partial charge in [-0.25, -0.2) is 5.48 Å². The average molecular weight is 263 g/mol. The molecule has 100 valence electrons. The smallest absolute Gasteiger partial charge is 0.268 e. The molecule has 1 unspecified atom stereocenters. The van der Waals surface area contributed by atoms with Gasteiger partial charge in [-0.1, -0.05) is 18.2 Å². The zero-order valence-electron chi connectivity index (χ0n) is 10.0. The van der Waals surface area contributed by atoms with Gasteiger partial charge in [-0.15, -0.1) is 0 Å². The van der Waals surface area contributed by atoms with Crippen molar-refractivity contribution in [1.29, 1.82) is 0 Å². The van der Waals surface area contributed by atoms with Crippen molar-refractivity contribution in [2.45, 2.75) is 6.04 Å². The molecule has 2 rings (SSSR count). The topological polar surface area (TPSA) is 96.5 Å². The van der Waals surface area contributed by atoms with Crippen LogP contribution < -0.4 is 16.1 Å². The maximum absolute atomic E-state index is 11.7. The van der Waals surface area contributed by atoms with Crippen LogP contribution in [0.5, 0.6) is 0 Å². The highest BCUT2D eigenvalue weighted by molar-refractivity contribution is 5.97. The van der Waals surface area contributed by atoms with E-state index in [1.807, 2.05) is 0 Å². The Balaban J connectivity index is 1.77. The first kappa shape index (κ1) is 13.0. The molecule has 0 saturated carbocycles. The van der Waals surface area contributed by atoms with E-state index in [0.717, 1.165) is 0 Å². The number of hydroxylamine groups is 1. The summed E-state index contributed by atoms with van der Waals surface area (Å²) in [6.07, 6.45) is 0. The predicted molar refractivity (Wildman–Crippen MR) is 64.8 cm³/mol. The number of hydrogen-bond donors (Lipinski definition) is 3. The van der Waals surface area contributed by atoms with Crippen LogP contribution in [0.25, 0.3) is 0 Å². The Kier molecular flexibility index (Phi) is 4.09. The van der Waals surface area contributed by atoms with Crippen LogP contribution in [0.3, 0.4) is 0 Å². The van der Waals surface area contributed by atoms with Crippen molar-refractivity contribution in [3.05, 3.63) is 35.9 Å². The SMILES string of the molecule is O=C(CNC(=O)c1ccccc1)NC1CONC1=O. The number of carbonyl (C=O) groups excluding carboxylic acids is 3. The maximum Gasteiger partial charge on any atom is 0.268 e. The van der Waals surface area contributed by atoms with E-state index in [1.165, 1.54) is 0 Å². The minimum atomic E-state index is -0.707. The van der Waals surface area contributed by atoms with Crippen LogP contribution in [-0.2, 0) is 14.4 Å². The van der Waals surface area contributed by atoms with Crippen LogP contribution in [0, 0.1) is 0 Å². The first-order chi connectivity index (χ1) is 9.16. The van der Waals surface area contributed by atoms with Gasteiger partial charge in [0.15, 0.2) is 0 Å². The fraction of sp³-hybridized carbons (Fsp3) is 0.250. The third kappa shape index (κ3) is 3.52. The lowest BCUT2D eigenvalue weighted by molar-refractivity contribution is -0.128. The summed E-state index contributed by atoms with van der Waals surface area (Å²) in [5, 5.41) is 4.91. The lowest BCUT2D eigenvalue weighted by Gasteiger charge is -2.09. The molecule has 3 N–H and O–H groups in total. The summed E-state index contributed by atoms with van der Waals surface area (Å²) in [7, 11) is 0. The molecule has 3 amide bonds. The molecule has 1 atom stereocenters. The number of amides is 3. The molecule has 0 radical (unpaired) electrons. The van der Waals surface area contributed by atoms with E-state index in [-0.39, 0.29) is 19.1 Å². The number of nitrogens with one attached hydrogen (secondary N) is 3. The van der Waals surface area contributed by atoms with Crippen molar-refractivity contribution >= 4 is 17.7 Å². The van der Waals surface area contributed by atoms with Gasteiger partial charge in [-0.2, -0.15) is 0 Å². The number of rotatable bonds is 4. The summed E-state index contributed by atoms with van der Waals surface area (Å²) in [4.78, 5) is 39.0. The molecule has 1 saturated heterocycles. The lowest BCUT2D eigenvalue weighted by Crippen LogP contribution is -2.46. The minimum absolute atomic E-state index is 0.0806. The Morgan fingerprint density at radius 1 is 1.32 bits per heavy atom. The summed E-state index contributed by atoms with van der Waals surface area (Å²) in [6.45, 7) is -0.116. The molecule has 0 aromatic heterocycles. The second-order valence-electron chi connectivity index (χ2n) is 3.95. The molecule has 7 nitrogen and oxygen atoms in total. The van der Waals surface area contributed by atoms with Gasteiger partial charge in [0.25, 0.3) is 11.8 Å². The van der Waals surface area contributed by atoms with Crippen LogP contribution in [0.15, 0.2) is 30.3 Å². The fourth-order valence-electron chi connectivity index (χ4n) is 1.55. The molecular weight excluding hydrogens is 250 g/mol. The molecule has 1 aromatic rings. The summed E-state index contributed by atoms with van der Waals surface area (Å²) < 4.78 is 0. The first-order valence-corrected chi connectivity index (χ1v) is 5.71. The molecule has 0 aliphatic carbocycles. The van der Waals surface area contributed by atoms with Crippen LogP contribution >= 0.6 is 0 Å². The van der Waals surface area contributed by atoms with Gasteiger partial charge >= 0.3 is 0 Å². The maximum atomic E-state index is 11.7. The van der Waals surface area contributed by atoms with Crippen molar-refractivity contribution in [2.24, 2.45) is 0 Å². The van der Waals surface area contributed by atoms with Crippen LogP contribution in [0.2, 0.25) is 0 Å². The van der Waals surface area contributed by atoms with Gasteiger partial charge in [0, 0.05) is 5.56 Å². The van der Waals surface area contributed by atoms with Crippen LogP contribution in [0.1, 0.15) is 10.4 Å². The molecule has 1 fully saturated rings. The van der Waals surface area contributed by atoms with E-state index >= 15 is 0 Å². The number of carbonyl (C=O) groups is 3. The highest BCUT2D eigenvalue weighted by Gasteiger charge is 2.26. The molecule has 0 spiro atoms.